The fourth-order valence-electron chi connectivity index (χ4n) is 3.19. The van der Waals surface area contributed by atoms with E-state index in [-0.39, 0.29) is 5.57 Å². The minimum atomic E-state index is -0.998. The third-order valence-corrected chi connectivity index (χ3v) is 4.38. The number of carbonyl (C=O) groups is 2. The number of carbonyl (C=O) groups excluding carboxylic acids is 2. The largest absolute Gasteiger partial charge is 0.351 e. The molecule has 2 aromatic carbocycles. The van der Waals surface area contributed by atoms with Crippen molar-refractivity contribution in [3.8, 4) is 11.8 Å². The SMILES string of the molecule is Cc1cc(/C=C(/C#N)C(=O)NC(N)=O)c(C)n1-c1cccc2ccccc12. The maximum absolute atomic E-state index is 11.9. The number of rotatable bonds is 3. The Bertz CT molecular complexity index is 1130. The van der Waals surface area contributed by atoms with Gasteiger partial charge in [-0.1, -0.05) is 36.4 Å². The second kappa shape index (κ2) is 7.18. The van der Waals surface area contributed by atoms with Crippen LogP contribution in [-0.2, 0) is 4.79 Å². The fourth-order valence-corrected chi connectivity index (χ4v) is 3.19. The van der Waals surface area contributed by atoms with Crippen LogP contribution in [0.4, 0.5) is 4.79 Å². The van der Waals surface area contributed by atoms with E-state index in [0.29, 0.717) is 0 Å². The zero-order valence-corrected chi connectivity index (χ0v) is 15.0. The molecule has 0 atom stereocenters. The fraction of sp³-hybridized carbons (Fsp3) is 0.0952. The Labute approximate surface area is 156 Å². The summed E-state index contributed by atoms with van der Waals surface area (Å²) in [4.78, 5) is 22.8. The molecule has 0 unspecified atom stereocenters. The molecule has 0 fully saturated rings. The van der Waals surface area contributed by atoms with Gasteiger partial charge in [0.05, 0.1) is 5.69 Å². The molecule has 1 aromatic heterocycles. The molecule has 0 saturated heterocycles. The van der Waals surface area contributed by atoms with Crippen LogP contribution in [0.25, 0.3) is 22.5 Å². The number of urea groups is 1. The molecule has 0 aliphatic carbocycles. The first kappa shape index (κ1) is 18.0. The van der Waals surface area contributed by atoms with Gasteiger partial charge >= 0.3 is 6.03 Å². The van der Waals surface area contributed by atoms with Crippen LogP contribution in [0.2, 0.25) is 0 Å². The molecule has 0 bridgehead atoms. The maximum atomic E-state index is 11.9. The van der Waals surface area contributed by atoms with Gasteiger partial charge in [-0.25, -0.2) is 4.79 Å². The van der Waals surface area contributed by atoms with E-state index in [1.54, 1.807) is 0 Å². The highest BCUT2D eigenvalue weighted by Gasteiger charge is 2.15. The van der Waals surface area contributed by atoms with Crippen LogP contribution in [0.15, 0.2) is 54.1 Å². The van der Waals surface area contributed by atoms with Gasteiger partial charge in [-0.05, 0) is 43.0 Å². The van der Waals surface area contributed by atoms with E-state index in [4.69, 9.17) is 5.73 Å². The van der Waals surface area contributed by atoms with Crippen molar-refractivity contribution in [2.75, 3.05) is 0 Å². The van der Waals surface area contributed by atoms with Crippen molar-refractivity contribution in [1.29, 1.82) is 5.26 Å². The first-order chi connectivity index (χ1) is 12.9. The number of nitrogens with two attached hydrogens (primary N) is 1. The zero-order chi connectivity index (χ0) is 19.6. The lowest BCUT2D eigenvalue weighted by atomic mass is 10.1. The quantitative estimate of drug-likeness (QED) is 0.554. The van der Waals surface area contributed by atoms with Crippen LogP contribution in [-0.4, -0.2) is 16.5 Å². The number of benzene rings is 2. The number of imide groups is 1. The predicted molar refractivity (Wildman–Crippen MR) is 104 cm³/mol. The van der Waals surface area contributed by atoms with Crippen molar-refractivity contribution in [2.45, 2.75) is 13.8 Å². The number of amides is 3. The first-order valence-electron chi connectivity index (χ1n) is 8.32. The third-order valence-electron chi connectivity index (χ3n) is 4.38. The average molecular weight is 358 g/mol. The molecular formula is C21H18N4O2. The molecule has 1 heterocycles. The molecule has 3 amide bonds. The molecule has 3 rings (SSSR count). The number of primary amides is 1. The standard InChI is InChI=1S/C21H18N4O2/c1-13-10-16(11-17(12-22)20(26)24-21(23)27)14(2)25(13)19-9-5-7-15-6-3-4-8-18(15)19/h3-11H,1-2H3,(H3,23,24,26,27)/b17-11-. The summed E-state index contributed by atoms with van der Waals surface area (Å²) in [6.45, 7) is 3.88. The van der Waals surface area contributed by atoms with E-state index < -0.39 is 11.9 Å². The number of nitriles is 1. The molecule has 0 saturated carbocycles. The molecule has 0 aliphatic rings. The van der Waals surface area contributed by atoms with Gasteiger partial charge in [-0.15, -0.1) is 0 Å². The van der Waals surface area contributed by atoms with Crippen molar-refractivity contribution < 1.29 is 9.59 Å². The summed E-state index contributed by atoms with van der Waals surface area (Å²) in [5, 5.41) is 13.4. The molecule has 6 nitrogen and oxygen atoms in total. The molecule has 0 radical (unpaired) electrons. The molecule has 3 N–H and O–H groups in total. The summed E-state index contributed by atoms with van der Waals surface area (Å²) < 4.78 is 2.08. The van der Waals surface area contributed by atoms with Crippen LogP contribution in [0.1, 0.15) is 17.0 Å². The van der Waals surface area contributed by atoms with Gasteiger partial charge in [0, 0.05) is 16.8 Å². The van der Waals surface area contributed by atoms with Gasteiger partial charge in [0.1, 0.15) is 11.6 Å². The van der Waals surface area contributed by atoms with Gasteiger partial charge in [0.15, 0.2) is 0 Å². The van der Waals surface area contributed by atoms with Crippen LogP contribution in [0.5, 0.6) is 0 Å². The van der Waals surface area contributed by atoms with Gasteiger partial charge in [-0.2, -0.15) is 5.26 Å². The molecule has 3 aromatic rings. The number of nitrogens with one attached hydrogen (secondary N) is 1. The summed E-state index contributed by atoms with van der Waals surface area (Å²) in [6.07, 6.45) is 1.46. The Morgan fingerprint density at radius 1 is 1.15 bits per heavy atom. The van der Waals surface area contributed by atoms with Crippen LogP contribution < -0.4 is 11.1 Å². The Morgan fingerprint density at radius 3 is 2.56 bits per heavy atom. The minimum absolute atomic E-state index is 0.188. The highest BCUT2D eigenvalue weighted by Crippen LogP contribution is 2.28. The Balaban J connectivity index is 2.13. The van der Waals surface area contributed by atoms with Gasteiger partial charge in [-0.3, -0.25) is 10.1 Å². The molecule has 0 spiro atoms. The van der Waals surface area contributed by atoms with E-state index in [1.165, 1.54) is 6.08 Å². The minimum Gasteiger partial charge on any atom is -0.351 e. The number of aryl methyl sites for hydroxylation is 1. The van der Waals surface area contributed by atoms with E-state index in [9.17, 15) is 14.9 Å². The lowest BCUT2D eigenvalue weighted by Gasteiger charge is -2.13. The number of hydrogen-bond donors (Lipinski definition) is 2. The second-order valence-electron chi connectivity index (χ2n) is 6.15. The van der Waals surface area contributed by atoms with Crippen molar-refractivity contribution in [2.24, 2.45) is 5.73 Å². The predicted octanol–water partition coefficient (Wildman–Crippen LogP) is 3.35. The van der Waals surface area contributed by atoms with Crippen LogP contribution in [0, 0.1) is 25.2 Å². The molecule has 0 aliphatic heterocycles. The van der Waals surface area contributed by atoms with E-state index in [1.807, 2.05) is 55.6 Å². The molecular weight excluding hydrogens is 340 g/mol. The Morgan fingerprint density at radius 2 is 1.85 bits per heavy atom. The number of nitrogens with zero attached hydrogens (tertiary/aromatic N) is 2. The average Bonchev–Trinajstić information content (AvgIpc) is 2.91. The number of hydrogen-bond acceptors (Lipinski definition) is 3. The number of fused-ring (bicyclic) bond motifs is 1. The van der Waals surface area contributed by atoms with Crippen LogP contribution >= 0.6 is 0 Å². The summed E-state index contributed by atoms with van der Waals surface area (Å²) in [7, 11) is 0. The lowest BCUT2D eigenvalue weighted by molar-refractivity contribution is -0.115. The third kappa shape index (κ3) is 3.44. The van der Waals surface area contributed by atoms with Crippen molar-refractivity contribution >= 4 is 28.8 Å². The first-order valence-corrected chi connectivity index (χ1v) is 8.32. The van der Waals surface area contributed by atoms with E-state index >= 15 is 0 Å². The maximum Gasteiger partial charge on any atom is 0.319 e. The highest BCUT2D eigenvalue weighted by molar-refractivity contribution is 6.08. The van der Waals surface area contributed by atoms with Crippen molar-refractivity contribution in [1.82, 2.24) is 9.88 Å². The highest BCUT2D eigenvalue weighted by atomic mass is 16.2. The van der Waals surface area contributed by atoms with Gasteiger partial charge in [0.25, 0.3) is 5.91 Å². The normalized spacial score (nSPS) is 11.2. The zero-order valence-electron chi connectivity index (χ0n) is 15.0. The van der Waals surface area contributed by atoms with Crippen LogP contribution in [0.3, 0.4) is 0 Å². The Kier molecular flexibility index (Phi) is 4.77. The van der Waals surface area contributed by atoms with Gasteiger partial charge in [0.2, 0.25) is 0 Å². The number of aromatic nitrogens is 1. The molecule has 27 heavy (non-hydrogen) atoms. The van der Waals surface area contributed by atoms with E-state index in [0.717, 1.165) is 33.4 Å². The summed E-state index contributed by atoms with van der Waals surface area (Å²) in [5.74, 6) is -0.819. The monoisotopic (exact) mass is 358 g/mol. The van der Waals surface area contributed by atoms with Crippen molar-refractivity contribution in [3.05, 3.63) is 71.1 Å². The smallest absolute Gasteiger partial charge is 0.319 e. The Hall–Kier alpha value is -3.85. The second-order valence-corrected chi connectivity index (χ2v) is 6.15. The molecule has 6 heteroatoms. The summed E-state index contributed by atoms with van der Waals surface area (Å²) in [6, 6.07) is 16.9. The summed E-state index contributed by atoms with van der Waals surface area (Å²) in [5.41, 5.74) is 8.34. The van der Waals surface area contributed by atoms with Gasteiger partial charge < -0.3 is 10.3 Å². The topological polar surface area (TPSA) is 101 Å². The molecule has 134 valence electrons. The summed E-state index contributed by atoms with van der Waals surface area (Å²) >= 11 is 0. The lowest BCUT2D eigenvalue weighted by Crippen LogP contribution is -2.35. The van der Waals surface area contributed by atoms with Crippen molar-refractivity contribution in [3.63, 3.8) is 0 Å². The van der Waals surface area contributed by atoms with E-state index in [2.05, 4.69) is 22.8 Å².